The Labute approximate surface area is 181 Å². The first kappa shape index (κ1) is 22.0. The van der Waals surface area contributed by atoms with E-state index in [9.17, 15) is 14.0 Å². The second-order valence-corrected chi connectivity index (χ2v) is 7.15. The third-order valence-corrected chi connectivity index (χ3v) is 4.97. The molecule has 3 aromatic rings. The highest BCUT2D eigenvalue weighted by Crippen LogP contribution is 2.24. The zero-order valence-electron chi connectivity index (χ0n) is 17.5. The van der Waals surface area contributed by atoms with Gasteiger partial charge >= 0.3 is 0 Å². The molecule has 0 radical (unpaired) electrons. The van der Waals surface area contributed by atoms with Crippen molar-refractivity contribution in [2.24, 2.45) is 0 Å². The number of methoxy groups -OCH3 is 1. The van der Waals surface area contributed by atoms with Crippen LogP contribution in [0.25, 0.3) is 0 Å². The van der Waals surface area contributed by atoms with Crippen LogP contribution in [0.3, 0.4) is 0 Å². The Hall–Kier alpha value is -3.67. The standard InChI is InChI=1S/C25H25FN2O3/c1-18(29)28(17-20-8-12-22(26)13-9-20)24(21-6-4-3-5-7-21)25(30)27-16-19-10-14-23(31-2)15-11-19/h3-15,24H,16-17H2,1-2H3,(H,27,30)/t24-/m0/s1. The Balaban J connectivity index is 1.83. The Morgan fingerprint density at radius 2 is 1.55 bits per heavy atom. The second kappa shape index (κ2) is 10.4. The molecular formula is C25H25FN2O3. The van der Waals surface area contributed by atoms with Crippen molar-refractivity contribution < 1.29 is 18.7 Å². The van der Waals surface area contributed by atoms with Crippen LogP contribution < -0.4 is 10.1 Å². The Kier molecular flexibility index (Phi) is 7.38. The lowest BCUT2D eigenvalue weighted by molar-refractivity contribution is -0.140. The van der Waals surface area contributed by atoms with Crippen molar-refractivity contribution in [2.75, 3.05) is 7.11 Å². The van der Waals surface area contributed by atoms with E-state index in [1.807, 2.05) is 54.6 Å². The van der Waals surface area contributed by atoms with Gasteiger partial charge in [-0.2, -0.15) is 0 Å². The molecule has 0 heterocycles. The molecule has 3 rings (SSSR count). The predicted molar refractivity (Wildman–Crippen MR) is 117 cm³/mol. The molecule has 0 unspecified atom stereocenters. The molecule has 0 bridgehead atoms. The summed E-state index contributed by atoms with van der Waals surface area (Å²) in [6, 6.07) is 21.6. The zero-order chi connectivity index (χ0) is 22.2. The zero-order valence-corrected chi connectivity index (χ0v) is 17.5. The van der Waals surface area contributed by atoms with E-state index in [4.69, 9.17) is 4.74 Å². The highest BCUT2D eigenvalue weighted by molar-refractivity contribution is 5.88. The summed E-state index contributed by atoms with van der Waals surface area (Å²) in [6.45, 7) is 1.93. The molecule has 0 aromatic heterocycles. The van der Waals surface area contributed by atoms with Crippen molar-refractivity contribution in [3.8, 4) is 5.75 Å². The lowest BCUT2D eigenvalue weighted by atomic mass is 10.0. The number of hydrogen-bond donors (Lipinski definition) is 1. The van der Waals surface area contributed by atoms with E-state index in [1.54, 1.807) is 19.2 Å². The smallest absolute Gasteiger partial charge is 0.247 e. The van der Waals surface area contributed by atoms with Crippen molar-refractivity contribution in [1.29, 1.82) is 0 Å². The van der Waals surface area contributed by atoms with Crippen molar-refractivity contribution >= 4 is 11.8 Å². The van der Waals surface area contributed by atoms with Crippen LogP contribution in [-0.4, -0.2) is 23.8 Å². The Morgan fingerprint density at radius 1 is 0.935 bits per heavy atom. The minimum Gasteiger partial charge on any atom is -0.497 e. The number of hydrogen-bond acceptors (Lipinski definition) is 3. The van der Waals surface area contributed by atoms with Gasteiger partial charge in [0.2, 0.25) is 11.8 Å². The van der Waals surface area contributed by atoms with Crippen molar-refractivity contribution in [2.45, 2.75) is 26.1 Å². The minimum absolute atomic E-state index is 0.186. The summed E-state index contributed by atoms with van der Waals surface area (Å²) in [4.78, 5) is 27.3. The van der Waals surface area contributed by atoms with Gasteiger partial charge in [0.1, 0.15) is 17.6 Å². The molecule has 6 heteroatoms. The molecule has 0 aliphatic heterocycles. The summed E-state index contributed by atoms with van der Waals surface area (Å²) in [5, 5.41) is 2.93. The van der Waals surface area contributed by atoms with Gasteiger partial charge in [-0.05, 0) is 41.0 Å². The lowest BCUT2D eigenvalue weighted by Crippen LogP contribution is -2.42. The van der Waals surface area contributed by atoms with Crippen molar-refractivity contribution in [3.63, 3.8) is 0 Å². The summed E-state index contributed by atoms with van der Waals surface area (Å²) < 4.78 is 18.4. The van der Waals surface area contributed by atoms with E-state index >= 15 is 0 Å². The summed E-state index contributed by atoms with van der Waals surface area (Å²) >= 11 is 0. The molecule has 0 saturated carbocycles. The maximum absolute atomic E-state index is 13.3. The first-order valence-electron chi connectivity index (χ1n) is 9.95. The van der Waals surface area contributed by atoms with Crippen LogP contribution >= 0.6 is 0 Å². The average molecular weight is 420 g/mol. The number of halogens is 1. The third kappa shape index (κ3) is 5.92. The molecule has 160 valence electrons. The quantitative estimate of drug-likeness (QED) is 0.593. The van der Waals surface area contributed by atoms with E-state index in [2.05, 4.69) is 5.32 Å². The molecule has 0 fully saturated rings. The Bertz CT molecular complexity index is 1010. The maximum Gasteiger partial charge on any atom is 0.247 e. The first-order valence-corrected chi connectivity index (χ1v) is 9.95. The number of nitrogens with one attached hydrogen (secondary N) is 1. The average Bonchev–Trinajstić information content (AvgIpc) is 2.79. The van der Waals surface area contributed by atoms with Gasteiger partial charge in [-0.25, -0.2) is 4.39 Å². The SMILES string of the molecule is COc1ccc(CNC(=O)[C@H](c2ccccc2)N(Cc2ccc(F)cc2)C(C)=O)cc1. The second-order valence-electron chi connectivity index (χ2n) is 7.15. The van der Waals surface area contributed by atoms with Gasteiger partial charge in [-0.15, -0.1) is 0 Å². The third-order valence-electron chi connectivity index (χ3n) is 4.97. The van der Waals surface area contributed by atoms with E-state index in [-0.39, 0.29) is 24.2 Å². The van der Waals surface area contributed by atoms with Gasteiger partial charge in [0.05, 0.1) is 7.11 Å². The molecule has 0 aliphatic carbocycles. The summed E-state index contributed by atoms with van der Waals surface area (Å²) in [5.74, 6) is -0.161. The number of carbonyl (C=O) groups is 2. The fourth-order valence-corrected chi connectivity index (χ4v) is 3.31. The van der Waals surface area contributed by atoms with Crippen LogP contribution in [0.15, 0.2) is 78.9 Å². The molecule has 2 amide bonds. The number of carbonyl (C=O) groups excluding carboxylic acids is 2. The van der Waals surface area contributed by atoms with Gasteiger partial charge in [-0.3, -0.25) is 9.59 Å². The molecule has 1 N–H and O–H groups in total. The fraction of sp³-hybridized carbons (Fsp3) is 0.200. The molecule has 31 heavy (non-hydrogen) atoms. The van der Waals surface area contributed by atoms with Gasteiger partial charge in [-0.1, -0.05) is 54.6 Å². The van der Waals surface area contributed by atoms with Crippen LogP contribution in [0.4, 0.5) is 4.39 Å². The lowest BCUT2D eigenvalue weighted by Gasteiger charge is -2.30. The molecule has 1 atom stereocenters. The molecule has 0 aliphatic rings. The first-order chi connectivity index (χ1) is 15.0. The van der Waals surface area contributed by atoms with E-state index in [1.165, 1.54) is 24.0 Å². The van der Waals surface area contributed by atoms with E-state index < -0.39 is 6.04 Å². The number of nitrogens with zero attached hydrogens (tertiary/aromatic N) is 1. The number of ether oxygens (including phenoxy) is 1. The molecule has 5 nitrogen and oxygen atoms in total. The van der Waals surface area contributed by atoms with Gasteiger partial charge in [0.15, 0.2) is 0 Å². The fourth-order valence-electron chi connectivity index (χ4n) is 3.31. The van der Waals surface area contributed by atoms with Gasteiger partial charge in [0, 0.05) is 20.0 Å². The molecule has 0 spiro atoms. The number of amides is 2. The van der Waals surface area contributed by atoms with E-state index in [0.717, 1.165) is 16.9 Å². The van der Waals surface area contributed by atoms with Crippen LogP contribution in [0, 0.1) is 5.82 Å². The van der Waals surface area contributed by atoms with Gasteiger partial charge in [0.25, 0.3) is 0 Å². The topological polar surface area (TPSA) is 58.6 Å². The highest BCUT2D eigenvalue weighted by Gasteiger charge is 2.29. The predicted octanol–water partition coefficient (Wildman–Crippen LogP) is 4.24. The summed E-state index contributed by atoms with van der Waals surface area (Å²) in [7, 11) is 1.60. The summed E-state index contributed by atoms with van der Waals surface area (Å²) in [5.41, 5.74) is 2.35. The van der Waals surface area contributed by atoms with Crippen LogP contribution in [0.5, 0.6) is 5.75 Å². The van der Waals surface area contributed by atoms with Gasteiger partial charge < -0.3 is 15.0 Å². The molecule has 3 aromatic carbocycles. The Morgan fingerprint density at radius 3 is 2.13 bits per heavy atom. The molecule has 0 saturated heterocycles. The molecular weight excluding hydrogens is 395 g/mol. The number of rotatable bonds is 8. The van der Waals surface area contributed by atoms with E-state index in [0.29, 0.717) is 12.1 Å². The summed E-state index contributed by atoms with van der Waals surface area (Å²) in [6.07, 6.45) is 0. The monoisotopic (exact) mass is 420 g/mol. The van der Waals surface area contributed by atoms with Crippen LogP contribution in [0.2, 0.25) is 0 Å². The normalized spacial score (nSPS) is 11.5. The number of benzene rings is 3. The van der Waals surface area contributed by atoms with Crippen LogP contribution in [0.1, 0.15) is 29.7 Å². The van der Waals surface area contributed by atoms with Crippen molar-refractivity contribution in [3.05, 3.63) is 101 Å². The van der Waals surface area contributed by atoms with Crippen LogP contribution in [-0.2, 0) is 22.7 Å². The largest absolute Gasteiger partial charge is 0.497 e. The van der Waals surface area contributed by atoms with Crippen molar-refractivity contribution in [1.82, 2.24) is 10.2 Å². The maximum atomic E-state index is 13.3. The highest BCUT2D eigenvalue weighted by atomic mass is 19.1. The minimum atomic E-state index is -0.818.